The van der Waals surface area contributed by atoms with Gasteiger partial charge in [0.25, 0.3) is 0 Å². The van der Waals surface area contributed by atoms with E-state index in [-0.39, 0.29) is 25.7 Å². The van der Waals surface area contributed by atoms with Crippen LogP contribution in [-0.2, 0) is 65.4 Å². The third-order valence-electron chi connectivity index (χ3n) is 20.0. The Morgan fingerprint density at radius 3 is 0.738 bits per heavy atom. The van der Waals surface area contributed by atoms with Crippen LogP contribution in [0.4, 0.5) is 0 Å². The molecule has 0 radical (unpaired) electrons. The van der Waals surface area contributed by atoms with E-state index in [1.807, 2.05) is 0 Å². The van der Waals surface area contributed by atoms with Crippen LogP contribution in [0.25, 0.3) is 0 Å². The molecule has 0 aromatic carbocycles. The van der Waals surface area contributed by atoms with E-state index in [1.165, 1.54) is 250 Å². The number of hydrogen-bond acceptors (Lipinski definition) is 15. The fourth-order valence-corrected chi connectivity index (χ4v) is 14.6. The summed E-state index contributed by atoms with van der Waals surface area (Å²) in [7, 11) is -9.93. The number of unbranched alkanes of at least 4 members (excludes halogenated alkanes) is 49. The number of rotatable bonds is 82. The second-order valence-corrected chi connectivity index (χ2v) is 34.3. The molecular formula is C84H164O17P2. The Kier molecular flexibility index (Phi) is 72.8. The fraction of sp³-hybridized carbons (Fsp3) is 0.952. The van der Waals surface area contributed by atoms with Gasteiger partial charge in [-0.3, -0.25) is 37.3 Å². The normalized spacial score (nSPS) is 14.2. The highest BCUT2D eigenvalue weighted by Gasteiger charge is 2.30. The molecule has 0 aliphatic heterocycles. The summed E-state index contributed by atoms with van der Waals surface area (Å²) in [6.45, 7) is 12.0. The van der Waals surface area contributed by atoms with Gasteiger partial charge in [-0.1, -0.05) is 389 Å². The fourth-order valence-electron chi connectivity index (χ4n) is 13.0. The zero-order valence-corrected chi connectivity index (χ0v) is 69.6. The molecule has 612 valence electrons. The van der Waals surface area contributed by atoms with Gasteiger partial charge in [0.2, 0.25) is 0 Å². The van der Waals surface area contributed by atoms with Crippen molar-refractivity contribution in [2.75, 3.05) is 39.6 Å². The monoisotopic (exact) mass is 1510 g/mol. The minimum Gasteiger partial charge on any atom is -0.462 e. The van der Waals surface area contributed by atoms with E-state index < -0.39 is 97.5 Å². The summed E-state index contributed by atoms with van der Waals surface area (Å²) in [4.78, 5) is 73.2. The summed E-state index contributed by atoms with van der Waals surface area (Å²) < 4.78 is 68.9. The van der Waals surface area contributed by atoms with Crippen LogP contribution in [0, 0.1) is 17.8 Å². The average molecular weight is 1510 g/mol. The lowest BCUT2D eigenvalue weighted by molar-refractivity contribution is -0.161. The molecule has 0 amide bonds. The van der Waals surface area contributed by atoms with Crippen LogP contribution < -0.4 is 0 Å². The number of hydrogen-bond donors (Lipinski definition) is 3. The van der Waals surface area contributed by atoms with E-state index in [4.69, 9.17) is 37.0 Å². The van der Waals surface area contributed by atoms with E-state index in [1.54, 1.807) is 0 Å². The first-order valence-corrected chi connectivity index (χ1v) is 46.4. The lowest BCUT2D eigenvalue weighted by Crippen LogP contribution is -2.30. The van der Waals surface area contributed by atoms with Crippen LogP contribution in [0.15, 0.2) is 0 Å². The highest BCUT2D eigenvalue weighted by molar-refractivity contribution is 7.47. The van der Waals surface area contributed by atoms with Gasteiger partial charge in [0.1, 0.15) is 19.3 Å². The van der Waals surface area contributed by atoms with Crippen molar-refractivity contribution < 1.29 is 80.2 Å². The van der Waals surface area contributed by atoms with Crippen molar-refractivity contribution in [3.63, 3.8) is 0 Å². The zero-order chi connectivity index (χ0) is 75.8. The highest BCUT2D eigenvalue weighted by atomic mass is 31.2. The average Bonchev–Trinajstić information content (AvgIpc) is 0.915. The predicted molar refractivity (Wildman–Crippen MR) is 423 cm³/mol. The van der Waals surface area contributed by atoms with Crippen molar-refractivity contribution in [3.05, 3.63) is 0 Å². The van der Waals surface area contributed by atoms with Crippen LogP contribution >= 0.6 is 15.6 Å². The quantitative estimate of drug-likeness (QED) is 0.0222. The van der Waals surface area contributed by atoms with Gasteiger partial charge in [0.15, 0.2) is 12.2 Å². The van der Waals surface area contributed by atoms with E-state index in [9.17, 15) is 43.2 Å². The first kappa shape index (κ1) is 101. The molecule has 3 unspecified atom stereocenters. The maximum absolute atomic E-state index is 13.1. The summed E-state index contributed by atoms with van der Waals surface area (Å²) in [5, 5.41) is 10.7. The summed E-state index contributed by atoms with van der Waals surface area (Å²) in [5.41, 5.74) is 0. The van der Waals surface area contributed by atoms with Crippen LogP contribution in [0.1, 0.15) is 440 Å². The van der Waals surface area contributed by atoms with Gasteiger partial charge in [0, 0.05) is 25.7 Å². The van der Waals surface area contributed by atoms with Crippen molar-refractivity contribution in [1.82, 2.24) is 0 Å². The second kappa shape index (κ2) is 74.2. The van der Waals surface area contributed by atoms with Gasteiger partial charge in [-0.25, -0.2) is 9.13 Å². The number of ether oxygens (including phenoxy) is 4. The molecule has 0 heterocycles. The number of phosphoric ester groups is 2. The molecule has 0 bridgehead atoms. The second-order valence-electron chi connectivity index (χ2n) is 31.4. The van der Waals surface area contributed by atoms with Gasteiger partial charge in [-0.15, -0.1) is 0 Å². The smallest absolute Gasteiger partial charge is 0.462 e. The lowest BCUT2D eigenvalue weighted by atomic mass is 9.99. The largest absolute Gasteiger partial charge is 0.472 e. The Morgan fingerprint density at radius 1 is 0.282 bits per heavy atom. The first-order chi connectivity index (χ1) is 49.8. The molecule has 3 N–H and O–H groups in total. The standard InChI is InChI=1S/C84H164O17P2/c1-8-10-11-12-13-14-15-16-17-18-19-20-21-22-27-32-37-46-53-60-67-83(88)100-79(71-94-81(86)65-58-51-44-36-31-26-24-23-25-29-34-41-48-55-62-75(3)4)73-98-102(90,91)96-69-78(85)70-97-103(92,93)99-74-80(72-95-82(87)66-59-52-45-40-39-43-50-57-64-77(7)9-2)101-84(89)68-61-54-47-38-33-28-30-35-42-49-56-63-76(5)6/h75-80,85H,8-74H2,1-7H3,(H,90,91)(H,92,93)/t77?,78-,79-,80-/m1/s1. The van der Waals surface area contributed by atoms with E-state index in [0.717, 1.165) is 108 Å². The molecule has 17 nitrogen and oxygen atoms in total. The van der Waals surface area contributed by atoms with Gasteiger partial charge in [0.05, 0.1) is 26.4 Å². The van der Waals surface area contributed by atoms with Crippen LogP contribution in [0.2, 0.25) is 0 Å². The molecular weight excluding hydrogens is 1340 g/mol. The number of carbonyl (C=O) groups is 4. The van der Waals surface area contributed by atoms with Crippen molar-refractivity contribution in [1.29, 1.82) is 0 Å². The molecule has 0 saturated carbocycles. The Bertz CT molecular complexity index is 1990. The number of esters is 4. The van der Waals surface area contributed by atoms with E-state index >= 15 is 0 Å². The molecule has 0 aromatic rings. The molecule has 103 heavy (non-hydrogen) atoms. The maximum atomic E-state index is 13.1. The number of carbonyl (C=O) groups excluding carboxylic acids is 4. The van der Waals surface area contributed by atoms with Crippen molar-refractivity contribution in [2.45, 2.75) is 458 Å². The topological polar surface area (TPSA) is 237 Å². The first-order valence-electron chi connectivity index (χ1n) is 43.4. The Labute approximate surface area is 632 Å². The zero-order valence-electron chi connectivity index (χ0n) is 67.8. The minimum atomic E-state index is -4.97. The predicted octanol–water partition coefficient (Wildman–Crippen LogP) is 25.3. The Morgan fingerprint density at radius 2 is 0.495 bits per heavy atom. The van der Waals surface area contributed by atoms with Crippen LogP contribution in [0.3, 0.4) is 0 Å². The molecule has 19 heteroatoms. The number of aliphatic hydroxyl groups is 1. The lowest BCUT2D eigenvalue weighted by Gasteiger charge is -2.21. The molecule has 0 spiro atoms. The molecule has 0 aromatic heterocycles. The van der Waals surface area contributed by atoms with Gasteiger partial charge in [-0.05, 0) is 43.4 Å². The van der Waals surface area contributed by atoms with Crippen molar-refractivity contribution in [2.24, 2.45) is 17.8 Å². The number of aliphatic hydroxyl groups excluding tert-OH is 1. The SMILES string of the molecule is CCCCCCCCCCCCCCCCCCCCCCC(=O)O[C@H](COC(=O)CCCCCCCCCCCCCCCCC(C)C)COP(=O)(O)OC[C@@H](O)COP(=O)(O)OC[C@@H](COC(=O)CCCCCCCCCCC(C)CC)OC(=O)CCCCCCCCCCCCCC(C)C. The third kappa shape index (κ3) is 76.6. The maximum Gasteiger partial charge on any atom is 0.472 e. The minimum absolute atomic E-state index is 0.106. The summed E-state index contributed by atoms with van der Waals surface area (Å²) in [6, 6.07) is 0. The third-order valence-corrected chi connectivity index (χ3v) is 21.9. The van der Waals surface area contributed by atoms with Gasteiger partial charge in [-0.2, -0.15) is 0 Å². The molecule has 0 aliphatic rings. The van der Waals surface area contributed by atoms with E-state index in [2.05, 4.69) is 48.5 Å². The molecule has 0 fully saturated rings. The Hall–Kier alpha value is -1.94. The molecule has 6 atom stereocenters. The van der Waals surface area contributed by atoms with Crippen LogP contribution in [-0.4, -0.2) is 96.7 Å². The van der Waals surface area contributed by atoms with Gasteiger partial charge >= 0.3 is 39.5 Å². The summed E-state index contributed by atoms with van der Waals surface area (Å²) in [6.07, 6.45) is 63.8. The van der Waals surface area contributed by atoms with E-state index in [0.29, 0.717) is 25.7 Å². The molecule has 0 rings (SSSR count). The Balaban J connectivity index is 5.26. The highest BCUT2D eigenvalue weighted by Crippen LogP contribution is 2.45. The van der Waals surface area contributed by atoms with Crippen molar-refractivity contribution in [3.8, 4) is 0 Å². The summed E-state index contributed by atoms with van der Waals surface area (Å²) >= 11 is 0. The van der Waals surface area contributed by atoms with Gasteiger partial charge < -0.3 is 33.8 Å². The molecule has 0 aliphatic carbocycles. The summed E-state index contributed by atoms with van der Waals surface area (Å²) in [5.74, 6) is 0.235. The van der Waals surface area contributed by atoms with Crippen molar-refractivity contribution >= 4 is 39.5 Å². The number of phosphoric acid groups is 2. The van der Waals surface area contributed by atoms with Crippen LogP contribution in [0.5, 0.6) is 0 Å². The molecule has 0 saturated heterocycles.